The lowest BCUT2D eigenvalue weighted by molar-refractivity contribution is 0.0998. The number of nitrogen functional groups attached to an aromatic ring is 1. The Morgan fingerprint density at radius 3 is 2.55 bits per heavy atom. The van der Waals surface area contributed by atoms with Gasteiger partial charge < -0.3 is 20.9 Å². The summed E-state index contributed by atoms with van der Waals surface area (Å²) in [6.07, 6.45) is 0. The van der Waals surface area contributed by atoms with Gasteiger partial charge in [0.05, 0.1) is 18.4 Å². The van der Waals surface area contributed by atoms with E-state index in [-0.39, 0.29) is 11.3 Å². The van der Waals surface area contributed by atoms with Crippen molar-refractivity contribution in [3.05, 3.63) is 47.5 Å². The van der Waals surface area contributed by atoms with Gasteiger partial charge in [-0.25, -0.2) is 0 Å². The van der Waals surface area contributed by atoms with Crippen molar-refractivity contribution < 1.29 is 14.3 Å². The minimum Gasteiger partial charge on any atom is -0.493 e. The van der Waals surface area contributed by atoms with Crippen molar-refractivity contribution in [3.8, 4) is 17.2 Å². The van der Waals surface area contributed by atoms with Crippen LogP contribution < -0.4 is 20.9 Å². The van der Waals surface area contributed by atoms with Gasteiger partial charge in [0.1, 0.15) is 0 Å². The van der Waals surface area contributed by atoms with E-state index in [1.807, 2.05) is 19.1 Å². The quantitative estimate of drug-likeness (QED) is 0.837. The van der Waals surface area contributed by atoms with Crippen LogP contribution in [0.1, 0.15) is 15.9 Å². The summed E-state index contributed by atoms with van der Waals surface area (Å²) in [5.74, 6) is 0.669. The van der Waals surface area contributed by atoms with Crippen LogP contribution >= 0.6 is 0 Å². The summed E-state index contributed by atoms with van der Waals surface area (Å²) in [6, 6.07) is 10.3. The molecule has 0 saturated heterocycles. The zero-order valence-corrected chi connectivity index (χ0v) is 11.3. The molecule has 0 aliphatic rings. The molecule has 2 aromatic carbocycles. The van der Waals surface area contributed by atoms with Gasteiger partial charge in [-0.05, 0) is 36.8 Å². The fourth-order valence-electron chi connectivity index (χ4n) is 1.83. The first-order chi connectivity index (χ1) is 9.52. The summed E-state index contributed by atoms with van der Waals surface area (Å²) in [5, 5.41) is 0. The standard InChI is InChI=1S/C15H16N2O3/c1-9-6-7-12(13(8-9)19-2)20-14-10(15(17)18)4-3-5-11(14)16/h3-8H,16H2,1-2H3,(H2,17,18). The van der Waals surface area contributed by atoms with Crippen molar-refractivity contribution in [2.24, 2.45) is 5.73 Å². The van der Waals surface area contributed by atoms with Gasteiger partial charge in [-0.15, -0.1) is 0 Å². The van der Waals surface area contributed by atoms with E-state index in [0.29, 0.717) is 17.2 Å². The molecule has 0 radical (unpaired) electrons. The third-order valence-electron chi connectivity index (χ3n) is 2.84. The molecule has 5 nitrogen and oxygen atoms in total. The van der Waals surface area contributed by atoms with Crippen molar-refractivity contribution in [2.45, 2.75) is 6.92 Å². The van der Waals surface area contributed by atoms with Crippen molar-refractivity contribution in [1.82, 2.24) is 0 Å². The van der Waals surface area contributed by atoms with Gasteiger partial charge >= 0.3 is 0 Å². The molecule has 1 amide bonds. The highest BCUT2D eigenvalue weighted by molar-refractivity contribution is 5.97. The SMILES string of the molecule is COc1cc(C)ccc1Oc1c(N)cccc1C(N)=O. The van der Waals surface area contributed by atoms with Gasteiger partial charge in [0.15, 0.2) is 17.2 Å². The maximum Gasteiger partial charge on any atom is 0.252 e. The molecule has 4 N–H and O–H groups in total. The number of para-hydroxylation sites is 1. The van der Waals surface area contributed by atoms with Crippen LogP contribution in [0.3, 0.4) is 0 Å². The number of anilines is 1. The predicted molar refractivity (Wildman–Crippen MR) is 77.2 cm³/mol. The Kier molecular flexibility index (Phi) is 3.79. The van der Waals surface area contributed by atoms with Crippen LogP contribution in [0.25, 0.3) is 0 Å². The number of carbonyl (C=O) groups excluding carboxylic acids is 1. The fourth-order valence-corrected chi connectivity index (χ4v) is 1.83. The van der Waals surface area contributed by atoms with Gasteiger partial charge in [0.25, 0.3) is 5.91 Å². The van der Waals surface area contributed by atoms with Crippen LogP contribution in [0.2, 0.25) is 0 Å². The molecule has 0 aliphatic carbocycles. The molecule has 20 heavy (non-hydrogen) atoms. The topological polar surface area (TPSA) is 87.6 Å². The number of rotatable bonds is 4. The van der Waals surface area contributed by atoms with Crippen LogP contribution in [0.15, 0.2) is 36.4 Å². The number of carbonyl (C=O) groups is 1. The minimum absolute atomic E-state index is 0.229. The van der Waals surface area contributed by atoms with Crippen LogP contribution in [-0.2, 0) is 0 Å². The summed E-state index contributed by atoms with van der Waals surface area (Å²) in [5.41, 5.74) is 12.8. The van der Waals surface area contributed by atoms with E-state index in [4.69, 9.17) is 20.9 Å². The largest absolute Gasteiger partial charge is 0.493 e. The molecule has 0 saturated carbocycles. The number of hydrogen-bond acceptors (Lipinski definition) is 4. The Morgan fingerprint density at radius 2 is 1.90 bits per heavy atom. The van der Waals surface area contributed by atoms with Gasteiger partial charge in [0.2, 0.25) is 0 Å². The maximum atomic E-state index is 11.4. The third-order valence-corrected chi connectivity index (χ3v) is 2.84. The van der Waals surface area contributed by atoms with Crippen LogP contribution in [0, 0.1) is 6.92 Å². The summed E-state index contributed by atoms with van der Waals surface area (Å²) in [7, 11) is 1.55. The number of ether oxygens (including phenoxy) is 2. The van der Waals surface area contributed by atoms with Gasteiger partial charge in [0, 0.05) is 0 Å². The molecule has 104 valence electrons. The van der Waals surface area contributed by atoms with Crippen LogP contribution in [0.4, 0.5) is 5.69 Å². The molecule has 2 rings (SSSR count). The highest BCUT2D eigenvalue weighted by atomic mass is 16.5. The second-order valence-electron chi connectivity index (χ2n) is 4.34. The zero-order chi connectivity index (χ0) is 14.7. The first kappa shape index (κ1) is 13.7. The number of nitrogens with two attached hydrogens (primary N) is 2. The van der Waals surface area contributed by atoms with E-state index < -0.39 is 5.91 Å². The molecular formula is C15H16N2O3. The molecule has 5 heteroatoms. The molecule has 0 bridgehead atoms. The number of amides is 1. The first-order valence-electron chi connectivity index (χ1n) is 6.03. The Bertz CT molecular complexity index is 654. The van der Waals surface area contributed by atoms with E-state index in [1.54, 1.807) is 31.4 Å². The van der Waals surface area contributed by atoms with Gasteiger partial charge in [-0.1, -0.05) is 12.1 Å². The van der Waals surface area contributed by atoms with Gasteiger partial charge in [-0.2, -0.15) is 0 Å². The summed E-state index contributed by atoms with van der Waals surface area (Å²) >= 11 is 0. The fraction of sp³-hybridized carbons (Fsp3) is 0.133. The predicted octanol–water partition coefficient (Wildman–Crippen LogP) is 2.48. The highest BCUT2D eigenvalue weighted by Crippen LogP contribution is 2.36. The molecule has 0 atom stereocenters. The number of primary amides is 1. The molecule has 2 aromatic rings. The molecule has 0 fully saturated rings. The van der Waals surface area contributed by atoms with Crippen molar-refractivity contribution in [2.75, 3.05) is 12.8 Å². The van der Waals surface area contributed by atoms with E-state index >= 15 is 0 Å². The van der Waals surface area contributed by atoms with Crippen molar-refractivity contribution in [1.29, 1.82) is 0 Å². The molecule has 0 heterocycles. The van der Waals surface area contributed by atoms with Crippen LogP contribution in [-0.4, -0.2) is 13.0 Å². The van der Waals surface area contributed by atoms with Crippen molar-refractivity contribution in [3.63, 3.8) is 0 Å². The van der Waals surface area contributed by atoms with Crippen LogP contribution in [0.5, 0.6) is 17.2 Å². The summed E-state index contributed by atoms with van der Waals surface area (Å²) in [4.78, 5) is 11.4. The lowest BCUT2D eigenvalue weighted by Gasteiger charge is -2.14. The molecule has 0 aliphatic heterocycles. The summed E-state index contributed by atoms with van der Waals surface area (Å²) < 4.78 is 11.0. The monoisotopic (exact) mass is 272 g/mol. The lowest BCUT2D eigenvalue weighted by atomic mass is 10.1. The average molecular weight is 272 g/mol. The van der Waals surface area contributed by atoms with Crippen molar-refractivity contribution >= 4 is 11.6 Å². The molecule has 0 spiro atoms. The number of aryl methyl sites for hydroxylation is 1. The highest BCUT2D eigenvalue weighted by Gasteiger charge is 2.15. The Labute approximate surface area is 117 Å². The smallest absolute Gasteiger partial charge is 0.252 e. The lowest BCUT2D eigenvalue weighted by Crippen LogP contribution is -2.13. The zero-order valence-electron chi connectivity index (χ0n) is 11.3. The van der Waals surface area contributed by atoms with E-state index in [0.717, 1.165) is 5.56 Å². The molecule has 0 unspecified atom stereocenters. The Hall–Kier alpha value is -2.69. The minimum atomic E-state index is -0.599. The Balaban J connectivity index is 2.47. The van der Waals surface area contributed by atoms with E-state index in [2.05, 4.69) is 0 Å². The molecule has 0 aromatic heterocycles. The second-order valence-corrected chi connectivity index (χ2v) is 4.34. The third kappa shape index (κ3) is 2.66. The normalized spacial score (nSPS) is 10.1. The van der Waals surface area contributed by atoms with E-state index in [9.17, 15) is 4.79 Å². The number of methoxy groups -OCH3 is 1. The maximum absolute atomic E-state index is 11.4. The first-order valence-corrected chi connectivity index (χ1v) is 6.03. The summed E-state index contributed by atoms with van der Waals surface area (Å²) in [6.45, 7) is 1.94. The second kappa shape index (κ2) is 5.52. The molecular weight excluding hydrogens is 256 g/mol. The Morgan fingerprint density at radius 1 is 1.15 bits per heavy atom. The van der Waals surface area contributed by atoms with E-state index in [1.165, 1.54) is 0 Å². The number of benzene rings is 2. The average Bonchev–Trinajstić information content (AvgIpc) is 2.42. The number of hydrogen-bond donors (Lipinski definition) is 2. The van der Waals surface area contributed by atoms with Gasteiger partial charge in [-0.3, -0.25) is 4.79 Å².